The minimum Gasteiger partial charge on any atom is -0.329 e. The van der Waals surface area contributed by atoms with E-state index >= 15 is 0 Å². The molecule has 0 spiro atoms. The van der Waals surface area contributed by atoms with Gasteiger partial charge in [-0.1, -0.05) is 13.0 Å². The van der Waals surface area contributed by atoms with E-state index in [1.54, 1.807) is 0 Å². The van der Waals surface area contributed by atoms with Crippen molar-refractivity contribution in [3.8, 4) is 0 Å². The molecule has 1 aliphatic heterocycles. The molecule has 2 heterocycles. The van der Waals surface area contributed by atoms with E-state index in [-0.39, 0.29) is 5.54 Å². The van der Waals surface area contributed by atoms with Gasteiger partial charge in [-0.3, -0.25) is 4.90 Å². The molecule has 2 N–H and O–H groups in total. The van der Waals surface area contributed by atoms with Crippen molar-refractivity contribution in [2.45, 2.75) is 49.6 Å². The summed E-state index contributed by atoms with van der Waals surface area (Å²) in [7, 11) is 0. The Labute approximate surface area is 118 Å². The SMILES string of the molecule is CC1SCCC1(CN)N(Cc1cccs1)C1CC1. The summed E-state index contributed by atoms with van der Waals surface area (Å²) < 4.78 is 0. The van der Waals surface area contributed by atoms with Crippen molar-refractivity contribution in [2.24, 2.45) is 5.73 Å². The zero-order valence-electron chi connectivity index (χ0n) is 11.0. The zero-order chi connectivity index (χ0) is 12.6. The van der Waals surface area contributed by atoms with Crippen LogP contribution < -0.4 is 5.73 Å². The van der Waals surface area contributed by atoms with Gasteiger partial charge in [-0.2, -0.15) is 11.8 Å². The minimum atomic E-state index is 0.246. The molecule has 0 radical (unpaired) electrons. The Balaban J connectivity index is 1.83. The molecule has 0 aromatic carbocycles. The molecule has 1 aromatic heterocycles. The van der Waals surface area contributed by atoms with E-state index in [1.165, 1.54) is 29.9 Å². The second kappa shape index (κ2) is 5.16. The van der Waals surface area contributed by atoms with E-state index in [9.17, 15) is 0 Å². The van der Waals surface area contributed by atoms with Gasteiger partial charge in [0, 0.05) is 34.8 Å². The third-order valence-corrected chi connectivity index (χ3v) is 6.72. The van der Waals surface area contributed by atoms with Crippen molar-refractivity contribution < 1.29 is 0 Å². The number of thioether (sulfide) groups is 1. The van der Waals surface area contributed by atoms with Crippen molar-refractivity contribution in [2.75, 3.05) is 12.3 Å². The number of nitrogens with zero attached hydrogens (tertiary/aromatic N) is 1. The molecule has 2 atom stereocenters. The molecule has 1 saturated carbocycles. The molecule has 0 amide bonds. The number of hydrogen-bond donors (Lipinski definition) is 1. The summed E-state index contributed by atoms with van der Waals surface area (Å²) in [6.45, 7) is 4.28. The number of hydrogen-bond acceptors (Lipinski definition) is 4. The van der Waals surface area contributed by atoms with Crippen LogP contribution in [0.1, 0.15) is 31.1 Å². The maximum atomic E-state index is 6.20. The van der Waals surface area contributed by atoms with Gasteiger partial charge in [-0.25, -0.2) is 0 Å². The molecular weight excluding hydrogens is 260 g/mol. The summed E-state index contributed by atoms with van der Waals surface area (Å²) in [5.74, 6) is 1.27. The van der Waals surface area contributed by atoms with Crippen LogP contribution in [0.5, 0.6) is 0 Å². The third-order valence-electron chi connectivity index (χ3n) is 4.48. The highest BCUT2D eigenvalue weighted by atomic mass is 32.2. The summed E-state index contributed by atoms with van der Waals surface area (Å²) in [5.41, 5.74) is 6.45. The Morgan fingerprint density at radius 3 is 2.83 bits per heavy atom. The molecule has 2 nitrogen and oxygen atoms in total. The van der Waals surface area contributed by atoms with Gasteiger partial charge in [-0.15, -0.1) is 11.3 Å². The van der Waals surface area contributed by atoms with Gasteiger partial charge in [0.05, 0.1) is 0 Å². The van der Waals surface area contributed by atoms with Gasteiger partial charge in [0.2, 0.25) is 0 Å². The van der Waals surface area contributed by atoms with Crippen LogP contribution in [0, 0.1) is 0 Å². The van der Waals surface area contributed by atoms with Crippen molar-refractivity contribution in [1.82, 2.24) is 4.90 Å². The molecular formula is C14H22N2S2. The predicted octanol–water partition coefficient (Wildman–Crippen LogP) is 2.94. The lowest BCUT2D eigenvalue weighted by molar-refractivity contribution is 0.0807. The van der Waals surface area contributed by atoms with Crippen LogP contribution >= 0.6 is 23.1 Å². The summed E-state index contributed by atoms with van der Waals surface area (Å²) in [5, 5.41) is 2.85. The average Bonchev–Trinajstić information content (AvgIpc) is 2.95. The second-order valence-corrected chi connectivity index (χ2v) is 7.99. The summed E-state index contributed by atoms with van der Waals surface area (Å²) in [6, 6.07) is 5.21. The van der Waals surface area contributed by atoms with Crippen molar-refractivity contribution in [3.05, 3.63) is 22.4 Å². The van der Waals surface area contributed by atoms with Gasteiger partial charge < -0.3 is 5.73 Å². The van der Waals surface area contributed by atoms with E-state index in [0.29, 0.717) is 5.25 Å². The van der Waals surface area contributed by atoms with Crippen molar-refractivity contribution in [1.29, 1.82) is 0 Å². The quantitative estimate of drug-likeness (QED) is 0.900. The molecule has 0 bridgehead atoms. The van der Waals surface area contributed by atoms with Crippen LogP contribution in [0.3, 0.4) is 0 Å². The normalized spacial score (nSPS) is 32.3. The maximum absolute atomic E-state index is 6.20. The van der Waals surface area contributed by atoms with Crippen LogP contribution in [0.4, 0.5) is 0 Å². The summed E-state index contributed by atoms with van der Waals surface area (Å²) in [6.07, 6.45) is 3.99. The van der Waals surface area contributed by atoms with Crippen LogP contribution in [-0.4, -0.2) is 34.0 Å². The molecule has 2 aliphatic rings. The average molecular weight is 282 g/mol. The largest absolute Gasteiger partial charge is 0.329 e. The lowest BCUT2D eigenvalue weighted by Gasteiger charge is -2.43. The molecule has 2 unspecified atom stereocenters. The lowest BCUT2D eigenvalue weighted by atomic mass is 9.90. The third kappa shape index (κ3) is 2.24. The fourth-order valence-corrected chi connectivity index (χ4v) is 5.33. The minimum absolute atomic E-state index is 0.246. The van der Waals surface area contributed by atoms with E-state index in [1.807, 2.05) is 11.3 Å². The van der Waals surface area contributed by atoms with E-state index in [0.717, 1.165) is 19.1 Å². The zero-order valence-corrected chi connectivity index (χ0v) is 12.6. The molecule has 1 aromatic rings. The highest BCUT2D eigenvalue weighted by Crippen LogP contribution is 2.45. The molecule has 4 heteroatoms. The fraction of sp³-hybridized carbons (Fsp3) is 0.714. The van der Waals surface area contributed by atoms with E-state index < -0.39 is 0 Å². The number of thiophene rings is 1. The van der Waals surface area contributed by atoms with Crippen molar-refractivity contribution in [3.63, 3.8) is 0 Å². The monoisotopic (exact) mass is 282 g/mol. The van der Waals surface area contributed by atoms with Gasteiger partial charge in [0.25, 0.3) is 0 Å². The lowest BCUT2D eigenvalue weighted by Crippen LogP contribution is -2.57. The molecule has 18 heavy (non-hydrogen) atoms. The predicted molar refractivity (Wildman–Crippen MR) is 81.2 cm³/mol. The summed E-state index contributed by atoms with van der Waals surface area (Å²) >= 11 is 3.97. The topological polar surface area (TPSA) is 29.3 Å². The fourth-order valence-electron chi connectivity index (χ4n) is 3.14. The standard InChI is InChI=1S/C14H22N2S2/c1-11-14(10-15,6-8-17-11)16(12-4-5-12)9-13-3-2-7-18-13/h2-3,7,11-12H,4-6,8-10,15H2,1H3. The Morgan fingerprint density at radius 2 is 2.33 bits per heavy atom. The highest BCUT2D eigenvalue weighted by molar-refractivity contribution is 8.00. The van der Waals surface area contributed by atoms with Crippen LogP contribution in [0.15, 0.2) is 17.5 Å². The van der Waals surface area contributed by atoms with Crippen molar-refractivity contribution >= 4 is 23.1 Å². The highest BCUT2D eigenvalue weighted by Gasteiger charge is 2.49. The molecule has 3 rings (SSSR count). The Hall–Kier alpha value is -0.0300. The first-order valence-corrected chi connectivity index (χ1v) is 8.80. The second-order valence-electron chi connectivity index (χ2n) is 5.51. The van der Waals surface area contributed by atoms with E-state index in [4.69, 9.17) is 5.73 Å². The molecule has 2 fully saturated rings. The molecule has 100 valence electrons. The summed E-state index contributed by atoms with van der Waals surface area (Å²) in [4.78, 5) is 4.22. The first-order valence-electron chi connectivity index (χ1n) is 6.87. The van der Waals surface area contributed by atoms with Crippen LogP contribution in [0.2, 0.25) is 0 Å². The molecule has 1 aliphatic carbocycles. The van der Waals surface area contributed by atoms with E-state index in [2.05, 4.69) is 41.1 Å². The first kappa shape index (κ1) is 13.0. The number of nitrogens with two attached hydrogens (primary N) is 1. The van der Waals surface area contributed by atoms with Crippen LogP contribution in [0.25, 0.3) is 0 Å². The van der Waals surface area contributed by atoms with Crippen LogP contribution in [-0.2, 0) is 6.54 Å². The Kier molecular flexibility index (Phi) is 3.72. The smallest absolute Gasteiger partial charge is 0.0461 e. The Morgan fingerprint density at radius 1 is 1.50 bits per heavy atom. The van der Waals surface area contributed by atoms with Gasteiger partial charge in [0.15, 0.2) is 0 Å². The van der Waals surface area contributed by atoms with Gasteiger partial charge in [-0.05, 0) is 36.5 Å². The first-order chi connectivity index (χ1) is 8.76. The number of rotatable bonds is 5. The Bertz CT molecular complexity index is 389. The maximum Gasteiger partial charge on any atom is 0.0461 e. The van der Waals surface area contributed by atoms with Gasteiger partial charge >= 0.3 is 0 Å². The van der Waals surface area contributed by atoms with Gasteiger partial charge in [0.1, 0.15) is 0 Å². The molecule has 1 saturated heterocycles.